The number of aryl methyl sites for hydroxylation is 1. The molecule has 6 heteroatoms. The number of carbonyl (C=O) groups is 1. The van der Waals surface area contributed by atoms with Crippen molar-refractivity contribution >= 4 is 28.7 Å². The van der Waals surface area contributed by atoms with Crippen molar-refractivity contribution in [2.75, 3.05) is 5.75 Å². The number of nitrogens with zero attached hydrogens (tertiary/aromatic N) is 1. The number of imidazole rings is 1. The topological polar surface area (TPSA) is 57.8 Å². The molecule has 4 nitrogen and oxygen atoms in total. The standard InChI is InChI=1S/C18H18FN3OS/c1-11-3-8-15-16(9-11)22-18(21-15)24-10-17(23)20-12(2)13-4-6-14(19)7-5-13/h3-9,12H,10H2,1-2H3,(H,20,23)(H,21,22). The summed E-state index contributed by atoms with van der Waals surface area (Å²) in [5.41, 5.74) is 3.89. The van der Waals surface area contributed by atoms with Gasteiger partial charge in [-0.15, -0.1) is 0 Å². The molecule has 1 aromatic heterocycles. The lowest BCUT2D eigenvalue weighted by Gasteiger charge is -2.13. The van der Waals surface area contributed by atoms with Crippen LogP contribution in [-0.4, -0.2) is 21.6 Å². The van der Waals surface area contributed by atoms with Gasteiger partial charge in [0.15, 0.2) is 5.16 Å². The van der Waals surface area contributed by atoms with Crippen molar-refractivity contribution < 1.29 is 9.18 Å². The van der Waals surface area contributed by atoms with Gasteiger partial charge in [-0.05, 0) is 49.2 Å². The number of halogens is 1. The highest BCUT2D eigenvalue weighted by molar-refractivity contribution is 7.99. The SMILES string of the molecule is Cc1ccc2nc(SCC(=O)NC(C)c3ccc(F)cc3)[nH]c2c1. The van der Waals surface area contributed by atoms with Crippen LogP contribution >= 0.6 is 11.8 Å². The summed E-state index contributed by atoms with van der Waals surface area (Å²) in [6.45, 7) is 3.90. The number of carbonyl (C=O) groups excluding carboxylic acids is 1. The van der Waals surface area contributed by atoms with E-state index in [2.05, 4.69) is 15.3 Å². The number of thioether (sulfide) groups is 1. The number of amides is 1. The van der Waals surface area contributed by atoms with E-state index in [0.29, 0.717) is 0 Å². The van der Waals surface area contributed by atoms with Gasteiger partial charge in [-0.25, -0.2) is 9.37 Å². The van der Waals surface area contributed by atoms with Crippen molar-refractivity contribution in [1.29, 1.82) is 0 Å². The summed E-state index contributed by atoms with van der Waals surface area (Å²) in [5.74, 6) is -0.105. The Bertz CT molecular complexity index is 860. The van der Waals surface area contributed by atoms with Gasteiger partial charge < -0.3 is 10.3 Å². The molecule has 0 aliphatic rings. The molecule has 0 fully saturated rings. The number of H-pyrrole nitrogens is 1. The van der Waals surface area contributed by atoms with E-state index in [-0.39, 0.29) is 23.5 Å². The highest BCUT2D eigenvalue weighted by Crippen LogP contribution is 2.20. The summed E-state index contributed by atoms with van der Waals surface area (Å²) in [6.07, 6.45) is 0. The Labute approximate surface area is 143 Å². The third-order valence-corrected chi connectivity index (χ3v) is 4.58. The first-order valence-electron chi connectivity index (χ1n) is 7.65. The Hall–Kier alpha value is -2.34. The van der Waals surface area contributed by atoms with Gasteiger partial charge in [-0.3, -0.25) is 4.79 Å². The lowest BCUT2D eigenvalue weighted by molar-refractivity contribution is -0.119. The van der Waals surface area contributed by atoms with Crippen molar-refractivity contribution in [2.24, 2.45) is 0 Å². The van der Waals surface area contributed by atoms with Crippen LogP contribution in [-0.2, 0) is 4.79 Å². The van der Waals surface area contributed by atoms with Crippen molar-refractivity contribution in [3.63, 3.8) is 0 Å². The normalized spacial score (nSPS) is 12.3. The molecule has 1 atom stereocenters. The van der Waals surface area contributed by atoms with Crippen molar-refractivity contribution in [3.05, 3.63) is 59.4 Å². The zero-order valence-corrected chi connectivity index (χ0v) is 14.3. The van der Waals surface area contributed by atoms with Crippen LogP contribution < -0.4 is 5.32 Å². The third kappa shape index (κ3) is 3.94. The van der Waals surface area contributed by atoms with Gasteiger partial charge in [0.2, 0.25) is 5.91 Å². The van der Waals surface area contributed by atoms with E-state index in [4.69, 9.17) is 0 Å². The molecule has 0 radical (unpaired) electrons. The molecule has 1 unspecified atom stereocenters. The van der Waals surface area contributed by atoms with E-state index < -0.39 is 0 Å². The highest BCUT2D eigenvalue weighted by atomic mass is 32.2. The van der Waals surface area contributed by atoms with Crippen LogP contribution in [0.1, 0.15) is 24.1 Å². The Morgan fingerprint density at radius 1 is 1.29 bits per heavy atom. The minimum absolute atomic E-state index is 0.0894. The average Bonchev–Trinajstić information content (AvgIpc) is 2.95. The predicted octanol–water partition coefficient (Wildman–Crippen LogP) is 3.98. The second-order valence-electron chi connectivity index (χ2n) is 5.69. The molecule has 0 bridgehead atoms. The molecule has 1 amide bonds. The number of aromatic nitrogens is 2. The molecule has 0 aliphatic heterocycles. The van der Waals surface area contributed by atoms with Crippen LogP contribution in [0.5, 0.6) is 0 Å². The molecule has 2 N–H and O–H groups in total. The van der Waals surface area contributed by atoms with E-state index in [0.717, 1.165) is 27.3 Å². The lowest BCUT2D eigenvalue weighted by atomic mass is 10.1. The minimum Gasteiger partial charge on any atom is -0.349 e. The van der Waals surface area contributed by atoms with E-state index >= 15 is 0 Å². The van der Waals surface area contributed by atoms with Crippen molar-refractivity contribution in [1.82, 2.24) is 15.3 Å². The van der Waals surface area contributed by atoms with E-state index in [9.17, 15) is 9.18 Å². The molecule has 0 saturated heterocycles. The number of nitrogens with one attached hydrogen (secondary N) is 2. The van der Waals surface area contributed by atoms with Crippen LogP contribution in [0, 0.1) is 12.7 Å². The summed E-state index contributed by atoms with van der Waals surface area (Å²) >= 11 is 1.36. The molecule has 0 spiro atoms. The number of hydrogen-bond donors (Lipinski definition) is 2. The Morgan fingerprint density at radius 3 is 2.79 bits per heavy atom. The summed E-state index contributed by atoms with van der Waals surface area (Å²) in [4.78, 5) is 19.8. The fourth-order valence-corrected chi connectivity index (χ4v) is 3.12. The first kappa shape index (κ1) is 16.5. The van der Waals surface area contributed by atoms with Crippen LogP contribution in [0.2, 0.25) is 0 Å². The summed E-state index contributed by atoms with van der Waals surface area (Å²) < 4.78 is 12.9. The molecule has 1 heterocycles. The number of hydrogen-bond acceptors (Lipinski definition) is 3. The average molecular weight is 343 g/mol. The van der Waals surface area contributed by atoms with Crippen molar-refractivity contribution in [3.8, 4) is 0 Å². The quantitative estimate of drug-likeness (QED) is 0.689. The molecule has 2 aromatic carbocycles. The van der Waals surface area contributed by atoms with Crippen molar-refractivity contribution in [2.45, 2.75) is 25.0 Å². The predicted molar refractivity (Wildman–Crippen MR) is 94.5 cm³/mol. The zero-order valence-electron chi connectivity index (χ0n) is 13.5. The van der Waals surface area contributed by atoms with Gasteiger partial charge in [0.05, 0.1) is 22.8 Å². The first-order chi connectivity index (χ1) is 11.5. The molecule has 0 saturated carbocycles. The smallest absolute Gasteiger partial charge is 0.230 e. The largest absolute Gasteiger partial charge is 0.349 e. The highest BCUT2D eigenvalue weighted by Gasteiger charge is 2.11. The van der Waals surface area contributed by atoms with Gasteiger partial charge >= 0.3 is 0 Å². The van der Waals surface area contributed by atoms with Crippen LogP contribution in [0.15, 0.2) is 47.6 Å². The fraction of sp³-hybridized carbons (Fsp3) is 0.222. The molecule has 124 valence electrons. The van der Waals surface area contributed by atoms with Gasteiger partial charge in [-0.1, -0.05) is 30.0 Å². The molecular formula is C18H18FN3OS. The molecule has 24 heavy (non-hydrogen) atoms. The lowest BCUT2D eigenvalue weighted by Crippen LogP contribution is -2.28. The van der Waals surface area contributed by atoms with Gasteiger partial charge in [0.1, 0.15) is 5.82 Å². The van der Waals surface area contributed by atoms with Gasteiger partial charge in [-0.2, -0.15) is 0 Å². The second-order valence-corrected chi connectivity index (χ2v) is 6.66. The summed E-state index contributed by atoms with van der Waals surface area (Å²) in [7, 11) is 0. The second kappa shape index (κ2) is 7.05. The summed E-state index contributed by atoms with van der Waals surface area (Å²) in [6, 6.07) is 12.0. The number of aromatic amines is 1. The number of fused-ring (bicyclic) bond motifs is 1. The molecule has 3 aromatic rings. The molecular weight excluding hydrogens is 325 g/mol. The number of rotatable bonds is 5. The minimum atomic E-state index is -0.284. The van der Waals surface area contributed by atoms with Crippen LogP contribution in [0.25, 0.3) is 11.0 Å². The fourth-order valence-electron chi connectivity index (χ4n) is 2.42. The third-order valence-electron chi connectivity index (χ3n) is 3.70. The van der Waals surface area contributed by atoms with Crippen LogP contribution in [0.3, 0.4) is 0 Å². The Kier molecular flexibility index (Phi) is 4.85. The Balaban J connectivity index is 1.57. The first-order valence-corrected chi connectivity index (χ1v) is 8.64. The zero-order chi connectivity index (χ0) is 17.1. The number of benzene rings is 2. The molecule has 0 aliphatic carbocycles. The maximum atomic E-state index is 12.9. The van der Waals surface area contributed by atoms with E-state index in [1.165, 1.54) is 23.9 Å². The van der Waals surface area contributed by atoms with Gasteiger partial charge in [0.25, 0.3) is 0 Å². The maximum Gasteiger partial charge on any atom is 0.230 e. The van der Waals surface area contributed by atoms with Crippen LogP contribution in [0.4, 0.5) is 4.39 Å². The van der Waals surface area contributed by atoms with E-state index in [1.807, 2.05) is 32.0 Å². The van der Waals surface area contributed by atoms with Gasteiger partial charge in [0, 0.05) is 0 Å². The summed E-state index contributed by atoms with van der Waals surface area (Å²) in [5, 5.41) is 3.63. The monoisotopic (exact) mass is 343 g/mol. The maximum absolute atomic E-state index is 12.9. The Morgan fingerprint density at radius 2 is 2.04 bits per heavy atom. The van der Waals surface area contributed by atoms with E-state index in [1.54, 1.807) is 12.1 Å². The molecule has 3 rings (SSSR count).